The van der Waals surface area contributed by atoms with E-state index in [-0.39, 0.29) is 6.04 Å². The van der Waals surface area contributed by atoms with Gasteiger partial charge in [0, 0.05) is 0 Å². The maximum absolute atomic E-state index is 9.89. The summed E-state index contributed by atoms with van der Waals surface area (Å²) >= 11 is 0. The molecule has 13 heavy (non-hydrogen) atoms. The van der Waals surface area contributed by atoms with Crippen LogP contribution in [0.15, 0.2) is 33.9 Å². The molecule has 0 rings (SSSR count). The van der Waals surface area contributed by atoms with Crippen LogP contribution in [0.25, 0.3) is 0 Å². The van der Waals surface area contributed by atoms with Crippen LogP contribution in [0.2, 0.25) is 0 Å². The molecule has 1 atom stereocenters. The predicted molar refractivity (Wildman–Crippen MR) is 48.6 cm³/mol. The number of rotatable bonds is 4. The lowest BCUT2D eigenvalue weighted by Gasteiger charge is -1.92. The zero-order valence-electron chi connectivity index (χ0n) is 7.52. The summed E-state index contributed by atoms with van der Waals surface area (Å²) in [6.07, 6.45) is 7.74. The Balaban J connectivity index is 4.40. The molecular formula is C9H10N2O2. The summed E-state index contributed by atoms with van der Waals surface area (Å²) in [5, 5.41) is 0. The molecule has 0 saturated heterocycles. The minimum atomic E-state index is -0.255. The summed E-state index contributed by atoms with van der Waals surface area (Å²) in [5.41, 5.74) is 0.489. The first kappa shape index (κ1) is 11.2. The fraction of sp³-hybridized carbons (Fsp3) is 0.333. The highest BCUT2D eigenvalue weighted by Gasteiger charge is 1.91. The molecule has 0 bridgehead atoms. The first-order valence-corrected chi connectivity index (χ1v) is 3.74. The largest absolute Gasteiger partial charge is 0.240 e. The first-order valence-electron chi connectivity index (χ1n) is 3.74. The Bertz CT molecular complexity index is 306. The Labute approximate surface area is 76.4 Å². The van der Waals surface area contributed by atoms with Crippen LogP contribution in [0.3, 0.4) is 0 Å². The van der Waals surface area contributed by atoms with Crippen LogP contribution in [-0.2, 0) is 9.59 Å². The van der Waals surface area contributed by atoms with E-state index < -0.39 is 0 Å². The van der Waals surface area contributed by atoms with E-state index in [1.165, 1.54) is 12.2 Å². The normalized spacial score (nSPS) is 13.2. The molecule has 0 heterocycles. The van der Waals surface area contributed by atoms with Gasteiger partial charge in [0.15, 0.2) is 0 Å². The summed E-state index contributed by atoms with van der Waals surface area (Å²) in [6, 6.07) is -0.255. The van der Waals surface area contributed by atoms with E-state index in [1.54, 1.807) is 32.1 Å². The minimum Gasteiger partial charge on any atom is -0.211 e. The average Bonchev–Trinajstić information content (AvgIpc) is 2.12. The third-order valence-electron chi connectivity index (χ3n) is 1.27. The molecule has 0 fully saturated rings. The van der Waals surface area contributed by atoms with Gasteiger partial charge in [0.2, 0.25) is 12.2 Å². The van der Waals surface area contributed by atoms with E-state index in [4.69, 9.17) is 0 Å². The number of isocyanates is 2. The van der Waals surface area contributed by atoms with Crippen LogP contribution in [0.4, 0.5) is 0 Å². The van der Waals surface area contributed by atoms with E-state index in [9.17, 15) is 9.59 Å². The molecule has 0 aliphatic heterocycles. The SMILES string of the molecule is C/C=C(\C=C/C(C)N=C=O)N=C=O. The highest BCUT2D eigenvalue weighted by atomic mass is 16.1. The van der Waals surface area contributed by atoms with Crippen molar-refractivity contribution in [1.29, 1.82) is 0 Å². The molecule has 0 aromatic carbocycles. The van der Waals surface area contributed by atoms with Gasteiger partial charge >= 0.3 is 0 Å². The highest BCUT2D eigenvalue weighted by Crippen LogP contribution is 2.00. The van der Waals surface area contributed by atoms with Crippen LogP contribution in [0, 0.1) is 0 Å². The lowest BCUT2D eigenvalue weighted by molar-refractivity contribution is 0.561. The van der Waals surface area contributed by atoms with Gasteiger partial charge in [-0.05, 0) is 19.9 Å². The molecule has 0 N–H and O–H groups in total. The van der Waals surface area contributed by atoms with Gasteiger partial charge in [0.05, 0.1) is 11.7 Å². The van der Waals surface area contributed by atoms with Crippen molar-refractivity contribution in [1.82, 2.24) is 0 Å². The lowest BCUT2D eigenvalue weighted by Crippen LogP contribution is -1.90. The Morgan fingerprint density at radius 2 is 2.08 bits per heavy atom. The van der Waals surface area contributed by atoms with Gasteiger partial charge < -0.3 is 0 Å². The van der Waals surface area contributed by atoms with E-state index >= 15 is 0 Å². The van der Waals surface area contributed by atoms with E-state index in [0.717, 1.165) is 0 Å². The first-order chi connectivity index (χ1) is 6.24. The average molecular weight is 178 g/mol. The van der Waals surface area contributed by atoms with Crippen molar-refractivity contribution in [3.8, 4) is 0 Å². The third-order valence-corrected chi connectivity index (χ3v) is 1.27. The predicted octanol–water partition coefficient (Wildman–Crippen LogP) is 1.51. The molecule has 0 aromatic heterocycles. The smallest absolute Gasteiger partial charge is 0.211 e. The van der Waals surface area contributed by atoms with Crippen molar-refractivity contribution < 1.29 is 9.59 Å². The molecule has 4 nitrogen and oxygen atoms in total. The van der Waals surface area contributed by atoms with Crippen LogP contribution in [0.5, 0.6) is 0 Å². The van der Waals surface area contributed by atoms with Gasteiger partial charge in [0.25, 0.3) is 0 Å². The zero-order chi connectivity index (χ0) is 10.1. The number of carbonyl (C=O) groups excluding carboxylic acids is 2. The van der Waals surface area contributed by atoms with Crippen molar-refractivity contribution in [2.45, 2.75) is 19.9 Å². The second kappa shape index (κ2) is 6.92. The van der Waals surface area contributed by atoms with Crippen molar-refractivity contribution in [3.05, 3.63) is 23.9 Å². The van der Waals surface area contributed by atoms with Crippen LogP contribution in [-0.4, -0.2) is 18.2 Å². The Morgan fingerprint density at radius 3 is 2.54 bits per heavy atom. The van der Waals surface area contributed by atoms with Gasteiger partial charge in [-0.15, -0.1) is 0 Å². The molecule has 1 unspecified atom stereocenters. The molecule has 0 aliphatic rings. The lowest BCUT2D eigenvalue weighted by atomic mass is 10.3. The van der Waals surface area contributed by atoms with Crippen LogP contribution >= 0.6 is 0 Å². The van der Waals surface area contributed by atoms with Gasteiger partial charge in [0.1, 0.15) is 0 Å². The maximum Gasteiger partial charge on any atom is 0.240 e. The molecule has 0 amide bonds. The summed E-state index contributed by atoms with van der Waals surface area (Å²) in [5.74, 6) is 0. The summed E-state index contributed by atoms with van der Waals surface area (Å²) in [4.78, 5) is 26.6. The topological polar surface area (TPSA) is 58.9 Å². The highest BCUT2D eigenvalue weighted by molar-refractivity contribution is 5.39. The van der Waals surface area contributed by atoms with Gasteiger partial charge in [-0.3, -0.25) is 0 Å². The van der Waals surface area contributed by atoms with E-state index in [2.05, 4.69) is 9.98 Å². The number of aliphatic imine (C=N–C) groups is 2. The number of allylic oxidation sites excluding steroid dienone is 2. The molecule has 0 radical (unpaired) electrons. The molecule has 0 aromatic rings. The molecular weight excluding hydrogens is 168 g/mol. The number of hydrogen-bond acceptors (Lipinski definition) is 4. The number of nitrogens with zero attached hydrogens (tertiary/aromatic N) is 2. The third kappa shape index (κ3) is 5.50. The van der Waals surface area contributed by atoms with Crippen LogP contribution < -0.4 is 0 Å². The van der Waals surface area contributed by atoms with Crippen molar-refractivity contribution in [2.75, 3.05) is 0 Å². The molecule has 68 valence electrons. The quantitative estimate of drug-likeness (QED) is 0.372. The van der Waals surface area contributed by atoms with Gasteiger partial charge in [-0.2, -0.15) is 9.98 Å². The van der Waals surface area contributed by atoms with Crippen LogP contribution in [0.1, 0.15) is 13.8 Å². The molecule has 0 spiro atoms. The zero-order valence-corrected chi connectivity index (χ0v) is 7.52. The van der Waals surface area contributed by atoms with Gasteiger partial charge in [-0.25, -0.2) is 9.59 Å². The molecule has 4 heteroatoms. The minimum absolute atomic E-state index is 0.255. The van der Waals surface area contributed by atoms with Crippen molar-refractivity contribution >= 4 is 12.2 Å². The Hall–Kier alpha value is -1.76. The standard InChI is InChI=1S/C9H10N2O2/c1-3-9(11-7-13)5-4-8(2)10-6-12/h3-5,8H,1-2H3/b5-4-,9-3+. The maximum atomic E-state index is 9.89. The molecule has 0 saturated carbocycles. The molecule has 0 aliphatic carbocycles. The van der Waals surface area contributed by atoms with E-state index in [0.29, 0.717) is 5.70 Å². The fourth-order valence-corrected chi connectivity index (χ4v) is 0.615. The second-order valence-corrected chi connectivity index (χ2v) is 2.24. The van der Waals surface area contributed by atoms with Crippen molar-refractivity contribution in [2.24, 2.45) is 9.98 Å². The van der Waals surface area contributed by atoms with E-state index in [1.807, 2.05) is 0 Å². The summed E-state index contributed by atoms with van der Waals surface area (Å²) < 4.78 is 0. The summed E-state index contributed by atoms with van der Waals surface area (Å²) in [7, 11) is 0. The monoisotopic (exact) mass is 178 g/mol. The van der Waals surface area contributed by atoms with Gasteiger partial charge in [-0.1, -0.05) is 12.2 Å². The Kier molecular flexibility index (Phi) is 5.98. The summed E-state index contributed by atoms with van der Waals surface area (Å²) in [6.45, 7) is 3.47. The van der Waals surface area contributed by atoms with Crippen molar-refractivity contribution in [3.63, 3.8) is 0 Å². The Morgan fingerprint density at radius 1 is 1.38 bits per heavy atom. The fourth-order valence-electron chi connectivity index (χ4n) is 0.615. The second-order valence-electron chi connectivity index (χ2n) is 2.24. The number of hydrogen-bond donors (Lipinski definition) is 0.